The lowest BCUT2D eigenvalue weighted by molar-refractivity contribution is -0.121. The zero-order valence-corrected chi connectivity index (χ0v) is 16.4. The number of nitrogens with one attached hydrogen (secondary N) is 1. The van der Waals surface area contributed by atoms with Crippen molar-refractivity contribution in [2.75, 3.05) is 0 Å². The Labute approximate surface area is 167 Å². The van der Waals surface area contributed by atoms with Crippen molar-refractivity contribution in [2.24, 2.45) is 0 Å². The Kier molecular flexibility index (Phi) is 5.68. The monoisotopic (exact) mass is 400 g/mol. The van der Waals surface area contributed by atoms with Crippen LogP contribution in [0.15, 0.2) is 36.4 Å². The van der Waals surface area contributed by atoms with Gasteiger partial charge < -0.3 is 10.4 Å². The van der Waals surface area contributed by atoms with Gasteiger partial charge >= 0.3 is 0 Å². The van der Waals surface area contributed by atoms with E-state index in [0.29, 0.717) is 16.6 Å². The molecule has 7 heteroatoms. The number of hydrogen-bond acceptors (Lipinski definition) is 3. The topological polar surface area (TPSA) is 71.3 Å². The Balaban J connectivity index is 2.15. The van der Waals surface area contributed by atoms with Crippen LogP contribution in [0.4, 0.5) is 8.78 Å². The Morgan fingerprint density at radius 2 is 1.93 bits per heavy atom. The summed E-state index contributed by atoms with van der Waals surface area (Å²) < 4.78 is 28.9. The molecule has 3 rings (SSSR count). The average molecular weight is 400 g/mol. The van der Waals surface area contributed by atoms with Gasteiger partial charge in [-0.05, 0) is 50.1 Å². The van der Waals surface area contributed by atoms with E-state index < -0.39 is 23.3 Å². The van der Waals surface area contributed by atoms with E-state index in [0.717, 1.165) is 18.6 Å². The fraction of sp³-hybridized carbons (Fsp3) is 0.273. The Hall–Kier alpha value is -3.22. The van der Waals surface area contributed by atoms with Gasteiger partial charge in [-0.25, -0.2) is 8.78 Å². The van der Waals surface area contributed by atoms with Crippen molar-refractivity contribution in [3.05, 3.63) is 64.9 Å². The Morgan fingerprint density at radius 3 is 2.59 bits per heavy atom. The highest BCUT2D eigenvalue weighted by molar-refractivity contribution is 6.05. The van der Waals surface area contributed by atoms with Crippen LogP contribution >= 0.6 is 0 Å². The summed E-state index contributed by atoms with van der Waals surface area (Å²) in [5.74, 6) is -2.83. The number of hydrogen-bond donors (Lipinski definition) is 2. The molecular formula is C22H22F2N2O3. The molecule has 0 saturated heterocycles. The quantitative estimate of drug-likeness (QED) is 0.678. The fourth-order valence-corrected chi connectivity index (χ4v) is 3.31. The second-order valence-electron chi connectivity index (χ2n) is 7.09. The van der Waals surface area contributed by atoms with Crippen LogP contribution in [-0.2, 0) is 11.2 Å². The number of rotatable bonds is 5. The number of carbonyl (C=O) groups excluding carboxylic acids is 2. The lowest BCUT2D eigenvalue weighted by Gasteiger charge is -2.11. The number of halogens is 2. The molecule has 0 fully saturated rings. The summed E-state index contributed by atoms with van der Waals surface area (Å²) in [6.07, 6.45) is 0.720. The summed E-state index contributed by atoms with van der Waals surface area (Å²) in [7, 11) is 0. The highest BCUT2D eigenvalue weighted by atomic mass is 19.1. The average Bonchev–Trinajstić information content (AvgIpc) is 2.92. The first-order valence-electron chi connectivity index (χ1n) is 9.35. The van der Waals surface area contributed by atoms with Gasteiger partial charge in [0.05, 0.1) is 11.9 Å². The second kappa shape index (κ2) is 8.03. The van der Waals surface area contributed by atoms with Crippen molar-refractivity contribution in [3.8, 4) is 5.75 Å². The maximum atomic E-state index is 14.1. The standard InChI is InChI=1S/C22H22F2N2O3/c1-4-12(2)25-21(28)10-16-13(3)26(19-11-18(24)20(27)9-17(16)19)22(29)14-6-5-7-15(23)8-14/h5-9,11-12,27H,4,10H2,1-3H3,(H,25,28)/t12-/m0/s1. The van der Waals surface area contributed by atoms with Crippen LogP contribution < -0.4 is 5.32 Å². The minimum absolute atomic E-state index is 0.0177. The molecule has 0 radical (unpaired) electrons. The van der Waals surface area contributed by atoms with Crippen LogP contribution in [0.1, 0.15) is 41.9 Å². The van der Waals surface area contributed by atoms with Crippen LogP contribution in [-0.4, -0.2) is 27.5 Å². The molecule has 0 aliphatic heterocycles. The molecule has 1 atom stereocenters. The summed E-state index contributed by atoms with van der Waals surface area (Å²) in [6.45, 7) is 5.46. The molecule has 0 spiro atoms. The predicted octanol–water partition coefficient (Wildman–Crippen LogP) is 4.08. The molecule has 29 heavy (non-hydrogen) atoms. The molecule has 0 unspecified atom stereocenters. The first kappa shape index (κ1) is 20.5. The molecule has 1 aromatic heterocycles. The summed E-state index contributed by atoms with van der Waals surface area (Å²) in [5.41, 5.74) is 1.23. The van der Waals surface area contributed by atoms with Gasteiger partial charge in [-0.1, -0.05) is 13.0 Å². The number of phenols is 1. The maximum absolute atomic E-state index is 14.1. The zero-order chi connectivity index (χ0) is 21.3. The number of amides is 1. The van der Waals surface area contributed by atoms with Crippen molar-refractivity contribution < 1.29 is 23.5 Å². The SMILES string of the molecule is CC[C@H](C)NC(=O)Cc1c(C)n(C(=O)c2cccc(F)c2)c2cc(F)c(O)cc12. The van der Waals surface area contributed by atoms with E-state index in [-0.39, 0.29) is 29.4 Å². The number of aromatic hydroxyl groups is 1. The number of fused-ring (bicyclic) bond motifs is 1. The van der Waals surface area contributed by atoms with E-state index in [4.69, 9.17) is 0 Å². The number of carbonyl (C=O) groups is 2. The van der Waals surface area contributed by atoms with E-state index in [9.17, 15) is 23.5 Å². The number of aromatic nitrogens is 1. The minimum Gasteiger partial charge on any atom is -0.505 e. The zero-order valence-electron chi connectivity index (χ0n) is 16.4. The Bertz CT molecular complexity index is 1110. The van der Waals surface area contributed by atoms with Crippen molar-refractivity contribution in [3.63, 3.8) is 0 Å². The molecule has 1 amide bonds. The van der Waals surface area contributed by atoms with E-state index in [1.54, 1.807) is 6.92 Å². The molecule has 0 aliphatic rings. The number of benzene rings is 2. The molecule has 3 aromatic rings. The first-order valence-corrected chi connectivity index (χ1v) is 9.35. The smallest absolute Gasteiger partial charge is 0.262 e. The van der Waals surface area contributed by atoms with Crippen LogP contribution in [0.25, 0.3) is 10.9 Å². The normalized spacial score (nSPS) is 12.2. The van der Waals surface area contributed by atoms with Gasteiger partial charge in [-0.15, -0.1) is 0 Å². The van der Waals surface area contributed by atoms with Gasteiger partial charge in [0.1, 0.15) is 5.82 Å². The predicted molar refractivity (Wildman–Crippen MR) is 106 cm³/mol. The maximum Gasteiger partial charge on any atom is 0.262 e. The second-order valence-corrected chi connectivity index (χ2v) is 7.09. The van der Waals surface area contributed by atoms with E-state index in [1.807, 2.05) is 13.8 Å². The molecule has 0 bridgehead atoms. The van der Waals surface area contributed by atoms with Crippen molar-refractivity contribution in [2.45, 2.75) is 39.7 Å². The van der Waals surface area contributed by atoms with Gasteiger partial charge in [-0.3, -0.25) is 14.2 Å². The summed E-state index contributed by atoms with van der Waals surface area (Å²) in [5, 5.41) is 13.1. The summed E-state index contributed by atoms with van der Waals surface area (Å²) in [6, 6.07) is 7.43. The lowest BCUT2D eigenvalue weighted by atomic mass is 10.1. The largest absolute Gasteiger partial charge is 0.505 e. The molecule has 0 aliphatic carbocycles. The first-order chi connectivity index (χ1) is 13.7. The molecule has 1 heterocycles. The molecule has 152 valence electrons. The minimum atomic E-state index is -0.890. The summed E-state index contributed by atoms with van der Waals surface area (Å²) in [4.78, 5) is 25.5. The Morgan fingerprint density at radius 1 is 1.21 bits per heavy atom. The van der Waals surface area contributed by atoms with Gasteiger partial charge in [0.15, 0.2) is 11.6 Å². The molecule has 0 saturated carbocycles. The van der Waals surface area contributed by atoms with Crippen LogP contribution in [0, 0.1) is 18.6 Å². The third-order valence-corrected chi connectivity index (χ3v) is 5.04. The van der Waals surface area contributed by atoms with Gasteiger partial charge in [-0.2, -0.15) is 0 Å². The third kappa shape index (κ3) is 3.99. The summed E-state index contributed by atoms with van der Waals surface area (Å²) >= 11 is 0. The van der Waals surface area contributed by atoms with Crippen molar-refractivity contribution in [1.29, 1.82) is 0 Å². The van der Waals surface area contributed by atoms with Gasteiger partial charge in [0.25, 0.3) is 5.91 Å². The van der Waals surface area contributed by atoms with Gasteiger partial charge in [0, 0.05) is 28.8 Å². The molecule has 5 nitrogen and oxygen atoms in total. The van der Waals surface area contributed by atoms with Crippen LogP contribution in [0.2, 0.25) is 0 Å². The van der Waals surface area contributed by atoms with Crippen molar-refractivity contribution in [1.82, 2.24) is 9.88 Å². The number of phenolic OH excluding ortho intramolecular Hbond substituents is 1. The van der Waals surface area contributed by atoms with Crippen molar-refractivity contribution >= 4 is 22.7 Å². The van der Waals surface area contributed by atoms with Crippen LogP contribution in [0.3, 0.4) is 0 Å². The molecular weight excluding hydrogens is 378 g/mol. The van der Waals surface area contributed by atoms with E-state index in [2.05, 4.69) is 5.32 Å². The van der Waals surface area contributed by atoms with E-state index >= 15 is 0 Å². The van der Waals surface area contributed by atoms with Crippen LogP contribution in [0.5, 0.6) is 5.75 Å². The molecule has 2 aromatic carbocycles. The fourth-order valence-electron chi connectivity index (χ4n) is 3.31. The number of nitrogens with zero attached hydrogens (tertiary/aromatic N) is 1. The lowest BCUT2D eigenvalue weighted by Crippen LogP contribution is -2.33. The van der Waals surface area contributed by atoms with Gasteiger partial charge in [0.2, 0.25) is 5.91 Å². The molecule has 2 N–H and O–H groups in total. The highest BCUT2D eigenvalue weighted by Gasteiger charge is 2.23. The van der Waals surface area contributed by atoms with E-state index in [1.165, 1.54) is 28.8 Å². The third-order valence-electron chi connectivity index (χ3n) is 5.04. The highest BCUT2D eigenvalue weighted by Crippen LogP contribution is 2.32.